The molecule has 50 heavy (non-hydrogen) atoms. The van der Waals surface area contributed by atoms with Crippen molar-refractivity contribution in [2.45, 2.75) is 76.9 Å². The van der Waals surface area contributed by atoms with Crippen LogP contribution >= 0.6 is 0 Å². The molecule has 3 aromatic carbocycles. The summed E-state index contributed by atoms with van der Waals surface area (Å²) in [7, 11) is -3.03. The van der Waals surface area contributed by atoms with Gasteiger partial charge in [0.1, 0.15) is 0 Å². The molecule has 4 heterocycles. The number of carbonyl (C=O) groups is 2. The highest BCUT2D eigenvalue weighted by atomic mass is 32.2. The molecule has 2 aliphatic heterocycles. The van der Waals surface area contributed by atoms with E-state index in [0.29, 0.717) is 12.0 Å². The molecule has 0 saturated carbocycles. The maximum Gasteiger partial charge on any atom is 0.253 e. The van der Waals surface area contributed by atoms with Crippen molar-refractivity contribution in [2.24, 2.45) is 0 Å². The van der Waals surface area contributed by atoms with Gasteiger partial charge >= 0.3 is 0 Å². The van der Waals surface area contributed by atoms with Crippen molar-refractivity contribution in [2.75, 3.05) is 31.9 Å². The molecule has 11 heteroatoms. The first-order chi connectivity index (χ1) is 24.1. The summed E-state index contributed by atoms with van der Waals surface area (Å²) in [5, 5.41) is 13.0. The standard InChI is InChI=1S/C26H33N3O3S.C13H15N3O/c1-19(2)33(31,32)16-13-20(3)21-7-10-24(11-8-21)29-25-12-9-22(17-23(25)18-27-29)26(30)28-14-5-4-6-15-28;17-13(16-6-2-1-3-7-16)10-4-5-12-11(8-10)9-14-15-12/h7-12,17-20H,4-6,13-16H2,1-3H3;4-5,8-9H,1-3,6-7H2,(H,14,15)/t20-;/m0./s1. The van der Waals surface area contributed by atoms with Crippen molar-refractivity contribution >= 4 is 43.5 Å². The van der Waals surface area contributed by atoms with Gasteiger partial charge in [-0.25, -0.2) is 13.1 Å². The molecule has 0 spiro atoms. The van der Waals surface area contributed by atoms with Crippen LogP contribution in [0.4, 0.5) is 0 Å². The van der Waals surface area contributed by atoms with Gasteiger partial charge < -0.3 is 9.80 Å². The van der Waals surface area contributed by atoms with Gasteiger partial charge in [0.05, 0.1) is 40.1 Å². The van der Waals surface area contributed by atoms with Crippen LogP contribution in [0.3, 0.4) is 0 Å². The second kappa shape index (κ2) is 15.6. The maximum atomic E-state index is 12.8. The average Bonchev–Trinajstić information content (AvgIpc) is 3.81. The number of aromatic nitrogens is 4. The van der Waals surface area contributed by atoms with Crippen molar-refractivity contribution in [1.82, 2.24) is 29.8 Å². The number of sulfone groups is 1. The first-order valence-corrected chi connectivity index (χ1v) is 19.6. The fourth-order valence-corrected chi connectivity index (χ4v) is 7.85. The number of benzene rings is 3. The number of aromatic amines is 1. The smallest absolute Gasteiger partial charge is 0.253 e. The number of nitrogens with one attached hydrogen (secondary N) is 1. The predicted octanol–water partition coefficient (Wildman–Crippen LogP) is 7.16. The zero-order chi connectivity index (χ0) is 35.3. The molecule has 0 aliphatic carbocycles. The van der Waals surface area contributed by atoms with Crippen LogP contribution in [0, 0.1) is 0 Å². The zero-order valence-corrected chi connectivity index (χ0v) is 30.2. The fourth-order valence-electron chi connectivity index (χ4n) is 6.69. The molecule has 1 atom stereocenters. The SMILES string of the molecule is CC(C)S(=O)(=O)CC[C@H](C)c1ccc(-n2ncc3cc(C(=O)N4CCCCC4)ccc32)cc1.O=C(c1ccc2[nH]ncc2c1)N1CCCCC1. The van der Waals surface area contributed by atoms with E-state index in [-0.39, 0.29) is 28.7 Å². The Bertz CT molecular complexity index is 2040. The van der Waals surface area contributed by atoms with E-state index in [1.807, 2.05) is 75.1 Å². The van der Waals surface area contributed by atoms with Crippen LogP contribution in [0.5, 0.6) is 0 Å². The lowest BCUT2D eigenvalue weighted by atomic mass is 9.98. The number of rotatable bonds is 8. The number of hydrogen-bond donors (Lipinski definition) is 1. The highest BCUT2D eigenvalue weighted by Gasteiger charge is 2.21. The van der Waals surface area contributed by atoms with E-state index >= 15 is 0 Å². The minimum Gasteiger partial charge on any atom is -0.339 e. The normalized spacial score (nSPS) is 16.0. The number of amides is 2. The van der Waals surface area contributed by atoms with Gasteiger partial charge in [-0.2, -0.15) is 10.2 Å². The van der Waals surface area contributed by atoms with Gasteiger partial charge in [0.2, 0.25) is 0 Å². The van der Waals surface area contributed by atoms with E-state index in [1.54, 1.807) is 26.2 Å². The van der Waals surface area contributed by atoms with Crippen molar-refractivity contribution in [3.63, 3.8) is 0 Å². The van der Waals surface area contributed by atoms with Crippen LogP contribution in [0.1, 0.15) is 97.9 Å². The lowest BCUT2D eigenvalue weighted by molar-refractivity contribution is 0.0717. The lowest BCUT2D eigenvalue weighted by Crippen LogP contribution is -2.35. The molecule has 0 radical (unpaired) electrons. The Morgan fingerprint density at radius 2 is 1.32 bits per heavy atom. The fraction of sp³-hybridized carbons (Fsp3) is 0.436. The molecule has 2 aromatic heterocycles. The quantitative estimate of drug-likeness (QED) is 0.184. The number of fused-ring (bicyclic) bond motifs is 2. The van der Waals surface area contributed by atoms with Crippen LogP contribution in [-0.4, -0.2) is 87.2 Å². The molecular weight excluding hydrogens is 649 g/mol. The number of hydrogen-bond acceptors (Lipinski definition) is 6. The number of carbonyl (C=O) groups excluding carboxylic acids is 2. The molecule has 1 N–H and O–H groups in total. The topological polar surface area (TPSA) is 121 Å². The van der Waals surface area contributed by atoms with Gasteiger partial charge in [-0.3, -0.25) is 14.7 Å². The van der Waals surface area contributed by atoms with E-state index in [1.165, 1.54) is 12.8 Å². The van der Waals surface area contributed by atoms with Crippen LogP contribution in [0.15, 0.2) is 73.1 Å². The Morgan fingerprint density at radius 3 is 1.92 bits per heavy atom. The lowest BCUT2D eigenvalue weighted by Gasteiger charge is -2.26. The van der Waals surface area contributed by atoms with Crippen molar-refractivity contribution in [3.05, 3.63) is 89.7 Å². The molecule has 2 aliphatic rings. The summed E-state index contributed by atoms with van der Waals surface area (Å²) in [5.74, 6) is 0.607. The van der Waals surface area contributed by atoms with Crippen LogP contribution < -0.4 is 0 Å². The molecule has 7 rings (SSSR count). The summed E-state index contributed by atoms with van der Waals surface area (Å²) < 4.78 is 26.1. The van der Waals surface area contributed by atoms with Crippen molar-refractivity contribution in [3.8, 4) is 5.69 Å². The van der Waals surface area contributed by atoms with E-state index in [4.69, 9.17) is 0 Å². The van der Waals surface area contributed by atoms with E-state index in [0.717, 1.165) is 90.5 Å². The first kappa shape index (κ1) is 35.3. The van der Waals surface area contributed by atoms with Gasteiger partial charge in [0, 0.05) is 48.1 Å². The van der Waals surface area contributed by atoms with Crippen molar-refractivity contribution in [1.29, 1.82) is 0 Å². The average molecular weight is 697 g/mol. The van der Waals surface area contributed by atoms with E-state index < -0.39 is 9.84 Å². The number of piperidine rings is 2. The molecule has 2 fully saturated rings. The summed E-state index contributed by atoms with van der Waals surface area (Å²) in [6.45, 7) is 8.99. The third kappa shape index (κ3) is 8.09. The Kier molecular flexibility index (Phi) is 11.0. The Hall–Kier alpha value is -4.51. The van der Waals surface area contributed by atoms with Gasteiger partial charge in [-0.1, -0.05) is 19.1 Å². The van der Waals surface area contributed by atoms with Gasteiger partial charge in [0.25, 0.3) is 11.8 Å². The summed E-state index contributed by atoms with van der Waals surface area (Å²) >= 11 is 0. The number of H-pyrrole nitrogens is 1. The Balaban J connectivity index is 0.000000212. The van der Waals surface area contributed by atoms with Crippen molar-refractivity contribution < 1.29 is 18.0 Å². The van der Waals surface area contributed by atoms with Crippen LogP contribution in [0.25, 0.3) is 27.5 Å². The summed E-state index contributed by atoms with van der Waals surface area (Å²) in [5.41, 5.74) is 5.45. The van der Waals surface area contributed by atoms with Gasteiger partial charge in [0.15, 0.2) is 9.84 Å². The summed E-state index contributed by atoms with van der Waals surface area (Å²) in [4.78, 5) is 29.0. The van der Waals surface area contributed by atoms with Gasteiger partial charge in [-0.15, -0.1) is 0 Å². The Labute approximate surface area is 294 Å². The molecule has 10 nitrogen and oxygen atoms in total. The minimum atomic E-state index is -3.03. The third-order valence-electron chi connectivity index (χ3n) is 10.0. The highest BCUT2D eigenvalue weighted by Crippen LogP contribution is 2.25. The maximum absolute atomic E-state index is 12.8. The van der Waals surface area contributed by atoms with Gasteiger partial charge in [-0.05, 0) is 119 Å². The molecule has 0 bridgehead atoms. The van der Waals surface area contributed by atoms with E-state index in [2.05, 4.69) is 22.2 Å². The number of likely N-dealkylation sites (tertiary alicyclic amines) is 2. The molecule has 2 amide bonds. The molecule has 0 unspecified atom stereocenters. The Morgan fingerprint density at radius 1 is 0.740 bits per heavy atom. The zero-order valence-electron chi connectivity index (χ0n) is 29.3. The largest absolute Gasteiger partial charge is 0.339 e. The second-order valence-corrected chi connectivity index (χ2v) is 16.6. The molecule has 264 valence electrons. The summed E-state index contributed by atoms with van der Waals surface area (Å²) in [6.07, 6.45) is 11.0. The monoisotopic (exact) mass is 696 g/mol. The first-order valence-electron chi connectivity index (χ1n) is 17.9. The van der Waals surface area contributed by atoms with Crippen LogP contribution in [0.2, 0.25) is 0 Å². The molecular formula is C39H48N6O4S. The second-order valence-electron chi connectivity index (χ2n) is 13.9. The molecule has 2 saturated heterocycles. The minimum absolute atomic E-state index is 0.0992. The molecule has 5 aromatic rings. The number of nitrogens with zero attached hydrogens (tertiary/aromatic N) is 5. The van der Waals surface area contributed by atoms with Crippen LogP contribution in [-0.2, 0) is 9.84 Å². The summed E-state index contributed by atoms with van der Waals surface area (Å²) in [6, 6.07) is 19.6. The highest BCUT2D eigenvalue weighted by molar-refractivity contribution is 7.91. The third-order valence-corrected chi connectivity index (χ3v) is 12.3. The van der Waals surface area contributed by atoms with E-state index in [9.17, 15) is 18.0 Å². The predicted molar refractivity (Wildman–Crippen MR) is 199 cm³/mol.